The Morgan fingerprint density at radius 3 is 2.50 bits per heavy atom. The fourth-order valence-electron chi connectivity index (χ4n) is 1.82. The lowest BCUT2D eigenvalue weighted by molar-refractivity contribution is 0.294. The maximum atomic E-state index is 3.19. The van der Waals surface area contributed by atoms with Crippen LogP contribution in [0.3, 0.4) is 0 Å². The molecule has 0 unspecified atom stereocenters. The zero-order valence-electron chi connectivity index (χ0n) is 9.43. The van der Waals surface area contributed by atoms with Crippen molar-refractivity contribution in [3.05, 3.63) is 0 Å². The van der Waals surface area contributed by atoms with Gasteiger partial charge in [-0.3, -0.25) is 0 Å². The fraction of sp³-hybridized carbons (Fsp3) is 1.00. The van der Waals surface area contributed by atoms with Crippen LogP contribution in [0.1, 0.15) is 25.7 Å². The van der Waals surface area contributed by atoms with Crippen molar-refractivity contribution in [3.63, 3.8) is 0 Å². The van der Waals surface area contributed by atoms with Gasteiger partial charge in [0.2, 0.25) is 0 Å². The lowest BCUT2D eigenvalue weighted by Gasteiger charge is -2.25. The van der Waals surface area contributed by atoms with Crippen LogP contribution < -0.4 is 5.32 Å². The van der Waals surface area contributed by atoms with Crippen LogP contribution in [0.5, 0.6) is 0 Å². The molecule has 0 aliphatic carbocycles. The van der Waals surface area contributed by atoms with Gasteiger partial charge in [-0.05, 0) is 33.0 Å². The molecule has 0 atom stereocenters. The summed E-state index contributed by atoms with van der Waals surface area (Å²) in [4.78, 5) is 2.62. The van der Waals surface area contributed by atoms with Gasteiger partial charge < -0.3 is 10.2 Å². The molecule has 2 nitrogen and oxygen atoms in total. The molecule has 14 heavy (non-hydrogen) atoms. The number of thioether (sulfide) groups is 1. The topological polar surface area (TPSA) is 15.3 Å². The molecule has 1 rings (SSSR count). The lowest BCUT2D eigenvalue weighted by Crippen LogP contribution is -2.33. The van der Waals surface area contributed by atoms with Crippen molar-refractivity contribution in [2.75, 3.05) is 44.7 Å². The van der Waals surface area contributed by atoms with E-state index in [1.807, 2.05) is 7.05 Å². The van der Waals surface area contributed by atoms with Gasteiger partial charge in [0, 0.05) is 24.6 Å². The third-order valence-corrected chi connectivity index (χ3v) is 3.70. The average molecular weight is 216 g/mol. The highest BCUT2D eigenvalue weighted by Crippen LogP contribution is 2.10. The van der Waals surface area contributed by atoms with Crippen molar-refractivity contribution in [1.29, 1.82) is 0 Å². The summed E-state index contributed by atoms with van der Waals surface area (Å²) in [7, 11) is 2.03. The number of nitrogens with one attached hydrogen (secondary N) is 1. The zero-order valence-corrected chi connectivity index (χ0v) is 10.2. The summed E-state index contributed by atoms with van der Waals surface area (Å²) >= 11 is 2.10. The monoisotopic (exact) mass is 216 g/mol. The van der Waals surface area contributed by atoms with Crippen LogP contribution in [0.4, 0.5) is 0 Å². The molecule has 0 saturated carbocycles. The minimum atomic E-state index is 1.18. The van der Waals surface area contributed by atoms with Crippen molar-refractivity contribution in [2.45, 2.75) is 25.7 Å². The Hall–Kier alpha value is 0.270. The molecule has 3 heteroatoms. The molecule has 1 aliphatic rings. The molecule has 1 fully saturated rings. The quantitative estimate of drug-likeness (QED) is 0.654. The van der Waals surface area contributed by atoms with Crippen molar-refractivity contribution in [2.24, 2.45) is 0 Å². The molecule has 0 radical (unpaired) electrons. The second kappa shape index (κ2) is 8.57. The summed E-state index contributed by atoms with van der Waals surface area (Å²) in [6.45, 7) is 5.16. The van der Waals surface area contributed by atoms with Crippen LogP contribution in [0.15, 0.2) is 0 Å². The first-order valence-corrected chi connectivity index (χ1v) is 7.03. The molecule has 1 saturated heterocycles. The van der Waals surface area contributed by atoms with E-state index in [4.69, 9.17) is 0 Å². The molecule has 0 bridgehead atoms. The third kappa shape index (κ3) is 5.89. The molecular formula is C11H24N2S. The summed E-state index contributed by atoms with van der Waals surface area (Å²) in [5.74, 6) is 2.69. The van der Waals surface area contributed by atoms with Gasteiger partial charge in [-0.1, -0.05) is 12.8 Å². The van der Waals surface area contributed by atoms with E-state index in [9.17, 15) is 0 Å². The van der Waals surface area contributed by atoms with E-state index in [2.05, 4.69) is 22.0 Å². The van der Waals surface area contributed by atoms with Gasteiger partial charge in [0.05, 0.1) is 0 Å². The highest BCUT2D eigenvalue weighted by molar-refractivity contribution is 7.99. The number of rotatable bonds is 7. The molecule has 0 aromatic heterocycles. The van der Waals surface area contributed by atoms with E-state index < -0.39 is 0 Å². The smallest absolute Gasteiger partial charge is 0.00727 e. The summed E-state index contributed by atoms with van der Waals surface area (Å²) in [5.41, 5.74) is 0. The Morgan fingerprint density at radius 1 is 1.07 bits per heavy atom. The van der Waals surface area contributed by atoms with Gasteiger partial charge in [0.15, 0.2) is 0 Å². The average Bonchev–Trinajstić information content (AvgIpc) is 2.25. The second-order valence-electron chi connectivity index (χ2n) is 3.97. The number of nitrogens with zero attached hydrogens (tertiary/aromatic N) is 1. The van der Waals surface area contributed by atoms with Crippen molar-refractivity contribution < 1.29 is 0 Å². The Kier molecular flexibility index (Phi) is 7.55. The molecule has 1 heterocycles. The highest BCUT2D eigenvalue weighted by atomic mass is 32.2. The lowest BCUT2D eigenvalue weighted by atomic mass is 10.2. The van der Waals surface area contributed by atoms with Gasteiger partial charge in [-0.15, -0.1) is 0 Å². The van der Waals surface area contributed by atoms with Crippen LogP contribution in [0, 0.1) is 0 Å². The van der Waals surface area contributed by atoms with Crippen LogP contribution in [-0.4, -0.2) is 49.6 Å². The van der Waals surface area contributed by atoms with Crippen LogP contribution >= 0.6 is 11.8 Å². The normalized spacial score (nSPS) is 18.6. The zero-order chi connectivity index (χ0) is 10.1. The molecule has 1 N–H and O–H groups in total. The molecule has 0 amide bonds. The predicted octanol–water partition coefficient (Wildman–Crippen LogP) is 1.81. The molecule has 0 aromatic rings. The number of unbranched alkanes of at least 4 members (excludes halogenated alkanes) is 3. The van der Waals surface area contributed by atoms with Crippen molar-refractivity contribution >= 4 is 11.8 Å². The standard InChI is InChI=1S/C11H24N2S/c1-12-6-4-2-3-5-7-13-8-10-14-11-9-13/h12H,2-11H2,1H3. The Morgan fingerprint density at radius 2 is 1.79 bits per heavy atom. The molecule has 84 valence electrons. The molecular weight excluding hydrogens is 192 g/mol. The van der Waals surface area contributed by atoms with E-state index in [1.165, 1.54) is 63.4 Å². The summed E-state index contributed by atoms with van der Waals surface area (Å²) in [6, 6.07) is 0. The number of hydrogen-bond acceptors (Lipinski definition) is 3. The van der Waals surface area contributed by atoms with Gasteiger partial charge >= 0.3 is 0 Å². The van der Waals surface area contributed by atoms with E-state index in [0.29, 0.717) is 0 Å². The summed E-state index contributed by atoms with van der Waals surface area (Å²) in [5, 5.41) is 3.19. The molecule has 0 spiro atoms. The third-order valence-electron chi connectivity index (χ3n) is 2.75. The molecule has 1 aliphatic heterocycles. The van der Waals surface area contributed by atoms with E-state index in [-0.39, 0.29) is 0 Å². The first-order valence-electron chi connectivity index (χ1n) is 5.88. The first-order chi connectivity index (χ1) is 6.93. The van der Waals surface area contributed by atoms with Crippen molar-refractivity contribution in [1.82, 2.24) is 10.2 Å². The van der Waals surface area contributed by atoms with Crippen LogP contribution in [-0.2, 0) is 0 Å². The largest absolute Gasteiger partial charge is 0.320 e. The Labute approximate surface area is 92.8 Å². The van der Waals surface area contributed by atoms with E-state index in [1.54, 1.807) is 0 Å². The van der Waals surface area contributed by atoms with Crippen LogP contribution in [0.2, 0.25) is 0 Å². The van der Waals surface area contributed by atoms with Crippen LogP contribution in [0.25, 0.3) is 0 Å². The highest BCUT2D eigenvalue weighted by Gasteiger charge is 2.08. The SMILES string of the molecule is CNCCCCCCN1CCSCC1. The summed E-state index contributed by atoms with van der Waals surface area (Å²) < 4.78 is 0. The fourth-order valence-corrected chi connectivity index (χ4v) is 2.79. The molecule has 0 aromatic carbocycles. The Balaban J connectivity index is 1.82. The first kappa shape index (κ1) is 12.3. The number of hydrogen-bond donors (Lipinski definition) is 1. The maximum absolute atomic E-state index is 3.19. The van der Waals surface area contributed by atoms with Crippen molar-refractivity contribution in [3.8, 4) is 0 Å². The van der Waals surface area contributed by atoms with E-state index in [0.717, 1.165) is 0 Å². The van der Waals surface area contributed by atoms with Gasteiger partial charge in [-0.25, -0.2) is 0 Å². The Bertz CT molecular complexity index is 124. The van der Waals surface area contributed by atoms with Gasteiger partial charge in [0.1, 0.15) is 0 Å². The second-order valence-corrected chi connectivity index (χ2v) is 5.20. The van der Waals surface area contributed by atoms with Gasteiger partial charge in [-0.2, -0.15) is 11.8 Å². The predicted molar refractivity (Wildman–Crippen MR) is 66.2 cm³/mol. The van der Waals surface area contributed by atoms with Gasteiger partial charge in [0.25, 0.3) is 0 Å². The minimum absolute atomic E-state index is 1.18. The maximum Gasteiger partial charge on any atom is 0.00727 e. The summed E-state index contributed by atoms with van der Waals surface area (Å²) in [6.07, 6.45) is 5.54. The van der Waals surface area contributed by atoms with E-state index >= 15 is 0 Å². The minimum Gasteiger partial charge on any atom is -0.320 e.